The minimum atomic E-state index is -0.348. The molecule has 1 saturated heterocycles. The van der Waals surface area contributed by atoms with E-state index in [0.717, 1.165) is 56.1 Å². The van der Waals surface area contributed by atoms with E-state index in [-0.39, 0.29) is 18.2 Å². The SMILES string of the molecule is CN1CCN(C(=O)c2ccc(Nc3ncc(C4CC4)c(NCCC(N)=O)n3)cc2)CC1. The van der Waals surface area contributed by atoms with Crippen LogP contribution in [0, 0.1) is 0 Å². The molecule has 4 N–H and O–H groups in total. The standard InChI is InChI=1S/C22H29N7O2/c1-28-10-12-29(13-11-28)21(31)16-4-6-17(7-5-16)26-22-25-14-18(15-2-3-15)20(27-22)24-9-8-19(23)30/h4-7,14-15H,2-3,8-13H2,1H3,(H2,23,30)(H2,24,25,26,27). The average molecular weight is 424 g/mol. The molecule has 0 unspecified atom stereocenters. The van der Waals surface area contributed by atoms with Gasteiger partial charge in [-0.2, -0.15) is 4.98 Å². The van der Waals surface area contributed by atoms with E-state index in [4.69, 9.17) is 5.73 Å². The van der Waals surface area contributed by atoms with Gasteiger partial charge in [0.1, 0.15) is 5.82 Å². The highest BCUT2D eigenvalue weighted by molar-refractivity contribution is 5.94. The van der Waals surface area contributed by atoms with Gasteiger partial charge in [-0.1, -0.05) is 0 Å². The smallest absolute Gasteiger partial charge is 0.253 e. The van der Waals surface area contributed by atoms with Crippen molar-refractivity contribution in [3.8, 4) is 0 Å². The summed E-state index contributed by atoms with van der Waals surface area (Å²) < 4.78 is 0. The molecular formula is C22H29N7O2. The van der Waals surface area contributed by atoms with Crippen LogP contribution in [0.4, 0.5) is 17.5 Å². The molecule has 1 saturated carbocycles. The molecule has 2 heterocycles. The van der Waals surface area contributed by atoms with Crippen LogP contribution >= 0.6 is 0 Å². The second kappa shape index (κ2) is 9.30. The van der Waals surface area contributed by atoms with Crippen LogP contribution in [0.15, 0.2) is 30.5 Å². The average Bonchev–Trinajstić information content (AvgIpc) is 3.60. The first kappa shape index (κ1) is 21.0. The number of hydrogen-bond donors (Lipinski definition) is 3. The van der Waals surface area contributed by atoms with Crippen molar-refractivity contribution in [2.75, 3.05) is 50.4 Å². The summed E-state index contributed by atoms with van der Waals surface area (Å²) in [6.07, 6.45) is 4.34. The van der Waals surface area contributed by atoms with Crippen LogP contribution in [0.5, 0.6) is 0 Å². The van der Waals surface area contributed by atoms with E-state index >= 15 is 0 Å². The van der Waals surface area contributed by atoms with Crippen molar-refractivity contribution in [3.05, 3.63) is 41.6 Å². The summed E-state index contributed by atoms with van der Waals surface area (Å²) in [5, 5.41) is 6.41. The Morgan fingerprint density at radius 3 is 2.48 bits per heavy atom. The van der Waals surface area contributed by atoms with Gasteiger partial charge >= 0.3 is 0 Å². The van der Waals surface area contributed by atoms with E-state index in [9.17, 15) is 9.59 Å². The van der Waals surface area contributed by atoms with Crippen molar-refractivity contribution < 1.29 is 9.59 Å². The number of likely N-dealkylation sites (N-methyl/N-ethyl adjacent to an activating group) is 1. The van der Waals surface area contributed by atoms with Gasteiger partial charge in [-0.15, -0.1) is 0 Å². The molecule has 164 valence electrons. The van der Waals surface area contributed by atoms with Gasteiger partial charge in [-0.3, -0.25) is 9.59 Å². The lowest BCUT2D eigenvalue weighted by molar-refractivity contribution is -0.117. The first-order chi connectivity index (χ1) is 15.0. The van der Waals surface area contributed by atoms with Crippen molar-refractivity contribution in [2.24, 2.45) is 5.73 Å². The van der Waals surface area contributed by atoms with Crippen LogP contribution in [-0.2, 0) is 4.79 Å². The van der Waals surface area contributed by atoms with E-state index in [1.54, 1.807) is 0 Å². The minimum Gasteiger partial charge on any atom is -0.370 e. The number of amides is 2. The summed E-state index contributed by atoms with van der Waals surface area (Å²) in [5.74, 6) is 1.39. The van der Waals surface area contributed by atoms with Gasteiger partial charge < -0.3 is 26.2 Å². The molecule has 9 heteroatoms. The third-order valence-corrected chi connectivity index (χ3v) is 5.68. The maximum atomic E-state index is 12.7. The molecule has 1 aliphatic carbocycles. The number of hydrogen-bond acceptors (Lipinski definition) is 7. The Bertz CT molecular complexity index is 935. The molecule has 1 aliphatic heterocycles. The third-order valence-electron chi connectivity index (χ3n) is 5.68. The van der Waals surface area contributed by atoms with E-state index in [2.05, 4.69) is 32.5 Å². The summed E-state index contributed by atoms with van der Waals surface area (Å²) >= 11 is 0. The molecule has 2 amide bonds. The minimum absolute atomic E-state index is 0.0608. The summed E-state index contributed by atoms with van der Waals surface area (Å²) in [4.78, 5) is 36.9. The summed E-state index contributed by atoms with van der Waals surface area (Å²) in [6.45, 7) is 3.74. The summed E-state index contributed by atoms with van der Waals surface area (Å²) in [7, 11) is 2.07. The normalized spacial score (nSPS) is 16.7. The van der Waals surface area contributed by atoms with Crippen LogP contribution in [0.2, 0.25) is 0 Å². The van der Waals surface area contributed by atoms with Crippen LogP contribution in [0.1, 0.15) is 41.1 Å². The van der Waals surface area contributed by atoms with E-state index in [1.807, 2.05) is 35.4 Å². The molecule has 0 spiro atoms. The van der Waals surface area contributed by atoms with Crippen molar-refractivity contribution in [1.29, 1.82) is 0 Å². The number of carbonyl (C=O) groups excluding carboxylic acids is 2. The van der Waals surface area contributed by atoms with Crippen LogP contribution in [-0.4, -0.2) is 71.4 Å². The molecule has 0 atom stereocenters. The lowest BCUT2D eigenvalue weighted by Crippen LogP contribution is -2.47. The largest absolute Gasteiger partial charge is 0.370 e. The molecule has 1 aromatic heterocycles. The summed E-state index contributed by atoms with van der Waals surface area (Å²) in [6, 6.07) is 7.38. The Balaban J connectivity index is 1.41. The number of carbonyl (C=O) groups is 2. The Hall–Kier alpha value is -3.20. The molecule has 9 nitrogen and oxygen atoms in total. The van der Waals surface area contributed by atoms with Crippen molar-refractivity contribution in [1.82, 2.24) is 19.8 Å². The Morgan fingerprint density at radius 2 is 1.84 bits per heavy atom. The van der Waals surface area contributed by atoms with Gasteiger partial charge in [-0.25, -0.2) is 4.98 Å². The quantitative estimate of drug-likeness (QED) is 0.592. The highest BCUT2D eigenvalue weighted by Gasteiger charge is 2.27. The monoisotopic (exact) mass is 423 g/mol. The fourth-order valence-electron chi connectivity index (χ4n) is 3.61. The number of rotatable bonds is 8. The maximum absolute atomic E-state index is 12.7. The number of nitrogens with one attached hydrogen (secondary N) is 2. The van der Waals surface area contributed by atoms with Crippen molar-refractivity contribution in [3.63, 3.8) is 0 Å². The molecule has 0 radical (unpaired) electrons. The van der Waals surface area contributed by atoms with Gasteiger partial charge in [0.25, 0.3) is 5.91 Å². The van der Waals surface area contributed by atoms with Gasteiger partial charge in [0.2, 0.25) is 11.9 Å². The van der Waals surface area contributed by atoms with Crippen LogP contribution in [0.25, 0.3) is 0 Å². The third kappa shape index (κ3) is 5.49. The fourth-order valence-corrected chi connectivity index (χ4v) is 3.61. The van der Waals surface area contributed by atoms with E-state index in [0.29, 0.717) is 24.0 Å². The second-order valence-electron chi connectivity index (χ2n) is 8.21. The number of benzene rings is 1. The van der Waals surface area contributed by atoms with Gasteiger partial charge in [0.15, 0.2) is 0 Å². The molecule has 0 bridgehead atoms. The zero-order valence-corrected chi connectivity index (χ0v) is 17.8. The molecule has 1 aromatic carbocycles. The Morgan fingerprint density at radius 1 is 1.13 bits per heavy atom. The van der Waals surface area contributed by atoms with Crippen LogP contribution in [0.3, 0.4) is 0 Å². The highest BCUT2D eigenvalue weighted by atomic mass is 16.2. The van der Waals surface area contributed by atoms with E-state index < -0.39 is 0 Å². The number of piperazine rings is 1. The topological polar surface area (TPSA) is 116 Å². The molecule has 31 heavy (non-hydrogen) atoms. The molecular weight excluding hydrogens is 394 g/mol. The molecule has 2 aromatic rings. The lowest BCUT2D eigenvalue weighted by atomic mass is 10.1. The number of nitrogens with zero attached hydrogens (tertiary/aromatic N) is 4. The molecule has 2 fully saturated rings. The number of aromatic nitrogens is 2. The Labute approximate surface area is 182 Å². The summed E-state index contributed by atoms with van der Waals surface area (Å²) in [5.41, 5.74) is 7.78. The van der Waals surface area contributed by atoms with Crippen molar-refractivity contribution >= 4 is 29.3 Å². The number of primary amides is 1. The fraction of sp³-hybridized carbons (Fsp3) is 0.455. The first-order valence-corrected chi connectivity index (χ1v) is 10.7. The highest BCUT2D eigenvalue weighted by Crippen LogP contribution is 2.42. The first-order valence-electron chi connectivity index (χ1n) is 10.7. The molecule has 2 aliphatic rings. The predicted molar refractivity (Wildman–Crippen MR) is 119 cm³/mol. The lowest BCUT2D eigenvalue weighted by Gasteiger charge is -2.32. The van der Waals surface area contributed by atoms with Gasteiger partial charge in [0.05, 0.1) is 0 Å². The Kier molecular flexibility index (Phi) is 6.31. The predicted octanol–water partition coefficient (Wildman–Crippen LogP) is 1.77. The van der Waals surface area contributed by atoms with E-state index in [1.165, 1.54) is 0 Å². The molecule has 4 rings (SSSR count). The zero-order valence-electron chi connectivity index (χ0n) is 17.8. The number of anilines is 3. The number of nitrogens with two attached hydrogens (primary N) is 1. The van der Waals surface area contributed by atoms with Crippen molar-refractivity contribution in [2.45, 2.75) is 25.2 Å². The maximum Gasteiger partial charge on any atom is 0.253 e. The van der Waals surface area contributed by atoms with Gasteiger partial charge in [-0.05, 0) is 50.1 Å². The second-order valence-corrected chi connectivity index (χ2v) is 8.21. The van der Waals surface area contributed by atoms with Crippen LogP contribution < -0.4 is 16.4 Å². The van der Waals surface area contributed by atoms with Gasteiger partial charge in [0, 0.05) is 62.2 Å². The zero-order chi connectivity index (χ0) is 21.8.